The summed E-state index contributed by atoms with van der Waals surface area (Å²) in [6.45, 7) is 6.31. The summed E-state index contributed by atoms with van der Waals surface area (Å²) in [5, 5.41) is 0. The Labute approximate surface area is 182 Å². The smallest absolute Gasteiger partial charge is 0.291 e. The molecule has 0 spiro atoms. The highest BCUT2D eigenvalue weighted by atomic mass is 16.5. The normalized spacial score (nSPS) is 22.2. The SMILES string of the molecule is Cc1ccc(C(=O)C2C(=O)C(=O)N(CCCN3CCOCC3)C2c2ccccn2)cc1. The van der Waals surface area contributed by atoms with Gasteiger partial charge < -0.3 is 9.64 Å². The van der Waals surface area contributed by atoms with Crippen LogP contribution in [-0.4, -0.2) is 71.7 Å². The number of morpholine rings is 1. The van der Waals surface area contributed by atoms with Crippen LogP contribution in [0.2, 0.25) is 0 Å². The van der Waals surface area contributed by atoms with Gasteiger partial charge in [0.2, 0.25) is 5.78 Å². The van der Waals surface area contributed by atoms with Crippen molar-refractivity contribution in [1.82, 2.24) is 14.8 Å². The van der Waals surface area contributed by atoms with E-state index in [1.165, 1.54) is 0 Å². The molecule has 2 aliphatic heterocycles. The van der Waals surface area contributed by atoms with Gasteiger partial charge in [-0.2, -0.15) is 0 Å². The summed E-state index contributed by atoms with van der Waals surface area (Å²) in [4.78, 5) is 47.5. The van der Waals surface area contributed by atoms with Crippen LogP contribution in [0.1, 0.15) is 34.1 Å². The molecule has 7 heteroatoms. The zero-order chi connectivity index (χ0) is 21.8. The predicted molar refractivity (Wildman–Crippen MR) is 115 cm³/mol. The largest absolute Gasteiger partial charge is 0.379 e. The standard InChI is InChI=1S/C24H27N3O4/c1-17-6-8-18(9-7-17)22(28)20-21(19-5-2-3-10-25-19)27(24(30)23(20)29)12-4-11-26-13-15-31-16-14-26/h2-3,5-10,20-21H,4,11-16H2,1H3. The molecule has 162 valence electrons. The maximum Gasteiger partial charge on any atom is 0.291 e. The van der Waals surface area contributed by atoms with E-state index < -0.39 is 23.7 Å². The van der Waals surface area contributed by atoms with Gasteiger partial charge in [-0.25, -0.2) is 0 Å². The van der Waals surface area contributed by atoms with E-state index in [1.807, 2.05) is 25.1 Å². The third-order valence-electron chi connectivity index (χ3n) is 5.99. The Morgan fingerprint density at radius 1 is 1.06 bits per heavy atom. The molecule has 1 aromatic heterocycles. The van der Waals surface area contributed by atoms with Crippen molar-refractivity contribution in [3.8, 4) is 0 Å². The summed E-state index contributed by atoms with van der Waals surface area (Å²) in [6.07, 6.45) is 2.34. The fraction of sp³-hybridized carbons (Fsp3) is 0.417. The number of pyridine rings is 1. The van der Waals surface area contributed by atoms with E-state index in [-0.39, 0.29) is 5.78 Å². The number of ketones is 2. The molecule has 0 aliphatic carbocycles. The first-order valence-electron chi connectivity index (χ1n) is 10.7. The Balaban J connectivity index is 1.58. The van der Waals surface area contributed by atoms with Crippen LogP contribution >= 0.6 is 0 Å². The van der Waals surface area contributed by atoms with Gasteiger partial charge in [0.05, 0.1) is 24.9 Å². The minimum atomic E-state index is -1.08. The zero-order valence-corrected chi connectivity index (χ0v) is 17.7. The molecule has 1 aromatic carbocycles. The lowest BCUT2D eigenvalue weighted by molar-refractivity contribution is -0.140. The first-order chi connectivity index (χ1) is 15.1. The fourth-order valence-electron chi connectivity index (χ4n) is 4.30. The van der Waals surface area contributed by atoms with Crippen molar-refractivity contribution in [2.75, 3.05) is 39.4 Å². The summed E-state index contributed by atoms with van der Waals surface area (Å²) in [7, 11) is 0. The fourth-order valence-corrected chi connectivity index (χ4v) is 4.30. The summed E-state index contributed by atoms with van der Waals surface area (Å²) >= 11 is 0. The molecule has 2 aliphatic rings. The number of benzene rings is 1. The highest BCUT2D eigenvalue weighted by molar-refractivity contribution is 6.44. The van der Waals surface area contributed by atoms with E-state index in [0.29, 0.717) is 37.4 Å². The van der Waals surface area contributed by atoms with E-state index in [0.717, 1.165) is 25.2 Å². The predicted octanol–water partition coefficient (Wildman–Crippen LogP) is 2.06. The molecule has 7 nitrogen and oxygen atoms in total. The lowest BCUT2D eigenvalue weighted by Gasteiger charge is -2.29. The molecule has 31 heavy (non-hydrogen) atoms. The van der Waals surface area contributed by atoms with Gasteiger partial charge >= 0.3 is 0 Å². The summed E-state index contributed by atoms with van der Waals surface area (Å²) in [5.41, 5.74) is 2.03. The van der Waals surface area contributed by atoms with Gasteiger partial charge in [0.25, 0.3) is 5.91 Å². The first kappa shape index (κ1) is 21.3. The summed E-state index contributed by atoms with van der Waals surface area (Å²) in [6, 6.07) is 11.8. The van der Waals surface area contributed by atoms with Crippen molar-refractivity contribution in [2.45, 2.75) is 19.4 Å². The third kappa shape index (κ3) is 4.57. The van der Waals surface area contributed by atoms with E-state index in [2.05, 4.69) is 9.88 Å². The number of aromatic nitrogens is 1. The van der Waals surface area contributed by atoms with E-state index in [4.69, 9.17) is 4.74 Å². The highest BCUT2D eigenvalue weighted by Crippen LogP contribution is 2.37. The zero-order valence-electron chi connectivity index (χ0n) is 17.7. The van der Waals surface area contributed by atoms with Crippen LogP contribution in [0.3, 0.4) is 0 Å². The Morgan fingerprint density at radius 2 is 1.81 bits per heavy atom. The molecule has 0 saturated carbocycles. The van der Waals surface area contributed by atoms with Crippen molar-refractivity contribution < 1.29 is 19.1 Å². The van der Waals surface area contributed by atoms with Crippen molar-refractivity contribution >= 4 is 17.5 Å². The summed E-state index contributed by atoms with van der Waals surface area (Å²) in [5.74, 6) is -2.64. The number of likely N-dealkylation sites (tertiary alicyclic amines) is 1. The van der Waals surface area contributed by atoms with Crippen molar-refractivity contribution in [3.05, 3.63) is 65.5 Å². The molecule has 0 bridgehead atoms. The minimum absolute atomic E-state index is 0.329. The van der Waals surface area contributed by atoms with Crippen molar-refractivity contribution in [3.63, 3.8) is 0 Å². The van der Waals surface area contributed by atoms with Crippen LogP contribution in [0, 0.1) is 12.8 Å². The number of hydrogen-bond acceptors (Lipinski definition) is 6. The van der Waals surface area contributed by atoms with Crippen LogP contribution < -0.4 is 0 Å². The van der Waals surface area contributed by atoms with Crippen LogP contribution in [0.5, 0.6) is 0 Å². The van der Waals surface area contributed by atoms with Crippen molar-refractivity contribution in [1.29, 1.82) is 0 Å². The number of hydrogen-bond donors (Lipinski definition) is 0. The molecule has 2 saturated heterocycles. The number of carbonyl (C=O) groups is 3. The quantitative estimate of drug-likeness (QED) is 0.387. The molecule has 0 radical (unpaired) electrons. The monoisotopic (exact) mass is 421 g/mol. The molecule has 2 atom stereocenters. The van der Waals surface area contributed by atoms with E-state index in [9.17, 15) is 14.4 Å². The Kier molecular flexibility index (Phi) is 6.53. The number of ether oxygens (including phenoxy) is 1. The second kappa shape index (κ2) is 9.49. The van der Waals surface area contributed by atoms with Gasteiger partial charge in [-0.05, 0) is 25.5 Å². The Hall–Kier alpha value is -2.90. The molecule has 4 rings (SSSR count). The Morgan fingerprint density at radius 3 is 2.48 bits per heavy atom. The number of rotatable bonds is 7. The Bertz CT molecular complexity index is 939. The van der Waals surface area contributed by atoms with Gasteiger partial charge in [0.15, 0.2) is 5.78 Å². The number of Topliss-reactive ketones (excluding diaryl/α,β-unsaturated/α-hetero) is 2. The topological polar surface area (TPSA) is 79.8 Å². The third-order valence-corrected chi connectivity index (χ3v) is 5.99. The number of carbonyl (C=O) groups excluding carboxylic acids is 3. The second-order valence-electron chi connectivity index (χ2n) is 8.08. The number of aryl methyl sites for hydroxylation is 1. The van der Waals surface area contributed by atoms with Crippen LogP contribution in [0.15, 0.2) is 48.7 Å². The van der Waals surface area contributed by atoms with E-state index >= 15 is 0 Å². The molecule has 2 aromatic rings. The average molecular weight is 421 g/mol. The molecule has 1 amide bonds. The van der Waals surface area contributed by atoms with Crippen molar-refractivity contribution in [2.24, 2.45) is 5.92 Å². The maximum atomic E-state index is 13.3. The molecular weight excluding hydrogens is 394 g/mol. The van der Waals surface area contributed by atoms with Gasteiger partial charge in [-0.3, -0.25) is 24.3 Å². The lowest BCUT2D eigenvalue weighted by Crippen LogP contribution is -2.39. The molecular formula is C24H27N3O4. The average Bonchev–Trinajstić information content (AvgIpc) is 3.05. The molecule has 0 N–H and O–H groups in total. The summed E-state index contributed by atoms with van der Waals surface area (Å²) < 4.78 is 5.38. The minimum Gasteiger partial charge on any atom is -0.379 e. The van der Waals surface area contributed by atoms with Gasteiger partial charge in [0.1, 0.15) is 5.92 Å². The van der Waals surface area contributed by atoms with Crippen LogP contribution in [0.25, 0.3) is 0 Å². The van der Waals surface area contributed by atoms with Crippen LogP contribution in [0.4, 0.5) is 0 Å². The molecule has 3 heterocycles. The van der Waals surface area contributed by atoms with Gasteiger partial charge in [0, 0.05) is 37.9 Å². The number of nitrogens with zero attached hydrogens (tertiary/aromatic N) is 3. The van der Waals surface area contributed by atoms with Gasteiger partial charge in [-0.15, -0.1) is 0 Å². The van der Waals surface area contributed by atoms with E-state index in [1.54, 1.807) is 35.4 Å². The van der Waals surface area contributed by atoms with Crippen LogP contribution in [-0.2, 0) is 14.3 Å². The van der Waals surface area contributed by atoms with Gasteiger partial charge in [-0.1, -0.05) is 35.9 Å². The molecule has 2 fully saturated rings. The number of amides is 1. The second-order valence-corrected chi connectivity index (χ2v) is 8.08. The lowest BCUT2D eigenvalue weighted by atomic mass is 9.88. The highest BCUT2D eigenvalue weighted by Gasteiger charge is 2.51. The molecule has 2 unspecified atom stereocenters. The first-order valence-corrected chi connectivity index (χ1v) is 10.7. The maximum absolute atomic E-state index is 13.3.